The molecule has 7 heteroatoms. The van der Waals surface area contributed by atoms with Crippen molar-refractivity contribution < 1.29 is 9.72 Å². The van der Waals surface area contributed by atoms with E-state index in [1.54, 1.807) is 6.07 Å². The summed E-state index contributed by atoms with van der Waals surface area (Å²) in [5.41, 5.74) is 2.20. The lowest BCUT2D eigenvalue weighted by Gasteiger charge is -1.87. The topological polar surface area (TPSA) is 84.6 Å². The van der Waals surface area contributed by atoms with Crippen LogP contribution in [0.4, 0.5) is 5.00 Å². The molecule has 1 amide bonds. The number of nitrogens with zero attached hydrogens (tertiary/aromatic N) is 2. The van der Waals surface area contributed by atoms with Gasteiger partial charge in [0, 0.05) is 13.0 Å². The highest BCUT2D eigenvalue weighted by atomic mass is 32.1. The first-order chi connectivity index (χ1) is 6.59. The highest BCUT2D eigenvalue weighted by Gasteiger charge is 2.07. The minimum atomic E-state index is -0.472. The number of carbonyl (C=O) groups is 1. The summed E-state index contributed by atoms with van der Waals surface area (Å²) in [6.07, 6.45) is 1.36. The zero-order valence-corrected chi connectivity index (χ0v) is 8.08. The average molecular weight is 213 g/mol. The molecule has 0 aliphatic rings. The monoisotopic (exact) mass is 213 g/mol. The predicted molar refractivity (Wildman–Crippen MR) is 52.4 cm³/mol. The van der Waals surface area contributed by atoms with Crippen molar-refractivity contribution in [2.45, 2.75) is 6.92 Å². The molecule has 6 nitrogen and oxygen atoms in total. The number of thiophene rings is 1. The molecule has 1 rings (SSSR count). The Balaban J connectivity index is 2.64. The number of amides is 1. The van der Waals surface area contributed by atoms with E-state index in [-0.39, 0.29) is 10.9 Å². The molecule has 0 radical (unpaired) electrons. The van der Waals surface area contributed by atoms with Gasteiger partial charge >= 0.3 is 5.00 Å². The Morgan fingerprint density at radius 3 is 2.93 bits per heavy atom. The molecule has 14 heavy (non-hydrogen) atoms. The minimum absolute atomic E-state index is 0.0503. The van der Waals surface area contributed by atoms with Gasteiger partial charge in [-0.25, -0.2) is 5.43 Å². The van der Waals surface area contributed by atoms with Crippen molar-refractivity contribution >= 4 is 28.5 Å². The fourth-order valence-electron chi connectivity index (χ4n) is 0.697. The predicted octanol–water partition coefficient (Wildman–Crippen LogP) is 1.13. The van der Waals surface area contributed by atoms with Gasteiger partial charge in [-0.05, 0) is 6.07 Å². The van der Waals surface area contributed by atoms with Crippen LogP contribution in [0, 0.1) is 10.1 Å². The van der Waals surface area contributed by atoms with Gasteiger partial charge in [0.2, 0.25) is 5.91 Å². The molecule has 0 atom stereocenters. The fraction of sp³-hybridized carbons (Fsp3) is 0.143. The Morgan fingerprint density at radius 1 is 1.71 bits per heavy atom. The molecule has 0 aliphatic carbocycles. The van der Waals surface area contributed by atoms with Gasteiger partial charge in [-0.3, -0.25) is 14.9 Å². The molecule has 1 aromatic rings. The van der Waals surface area contributed by atoms with Crippen LogP contribution in [0.25, 0.3) is 0 Å². The van der Waals surface area contributed by atoms with Gasteiger partial charge in [0.1, 0.15) is 0 Å². The van der Waals surface area contributed by atoms with Gasteiger partial charge in [-0.1, -0.05) is 11.3 Å². The van der Waals surface area contributed by atoms with E-state index in [4.69, 9.17) is 0 Å². The van der Waals surface area contributed by atoms with Crippen LogP contribution in [0.2, 0.25) is 0 Å². The van der Waals surface area contributed by atoms with Crippen molar-refractivity contribution in [3.63, 3.8) is 0 Å². The van der Waals surface area contributed by atoms with Crippen molar-refractivity contribution in [1.82, 2.24) is 5.43 Å². The molecular weight excluding hydrogens is 206 g/mol. The van der Waals surface area contributed by atoms with Gasteiger partial charge in [0.25, 0.3) is 0 Å². The Labute approximate surface area is 83.4 Å². The molecule has 0 fully saturated rings. The number of rotatable bonds is 3. The van der Waals surface area contributed by atoms with Crippen molar-refractivity contribution in [1.29, 1.82) is 0 Å². The van der Waals surface area contributed by atoms with Gasteiger partial charge in [-0.2, -0.15) is 5.10 Å². The van der Waals surface area contributed by atoms with Gasteiger partial charge in [-0.15, -0.1) is 0 Å². The van der Waals surface area contributed by atoms with Crippen LogP contribution < -0.4 is 5.43 Å². The summed E-state index contributed by atoms with van der Waals surface area (Å²) in [6, 6.07) is 2.95. The van der Waals surface area contributed by atoms with Crippen LogP contribution >= 0.6 is 11.3 Å². The van der Waals surface area contributed by atoms with Crippen molar-refractivity contribution in [2.24, 2.45) is 5.10 Å². The summed E-state index contributed by atoms with van der Waals surface area (Å²) in [7, 11) is 0. The molecular formula is C7H7N3O3S. The van der Waals surface area contributed by atoms with Crippen molar-refractivity contribution in [2.75, 3.05) is 0 Å². The lowest BCUT2D eigenvalue weighted by molar-refractivity contribution is -0.380. The minimum Gasteiger partial charge on any atom is -0.274 e. The highest BCUT2D eigenvalue weighted by Crippen LogP contribution is 2.22. The summed E-state index contributed by atoms with van der Waals surface area (Å²) in [4.78, 5) is 20.9. The van der Waals surface area contributed by atoms with E-state index in [0.29, 0.717) is 4.88 Å². The van der Waals surface area contributed by atoms with Crippen LogP contribution in [0.15, 0.2) is 17.2 Å². The van der Waals surface area contributed by atoms with E-state index >= 15 is 0 Å². The normalized spacial score (nSPS) is 10.4. The highest BCUT2D eigenvalue weighted by molar-refractivity contribution is 7.16. The van der Waals surface area contributed by atoms with Crippen molar-refractivity contribution in [3.8, 4) is 0 Å². The van der Waals surface area contributed by atoms with E-state index in [1.807, 2.05) is 0 Å². The second-order valence-corrected chi connectivity index (χ2v) is 3.45. The third-order valence-corrected chi connectivity index (χ3v) is 2.18. The number of nitrogens with one attached hydrogen (secondary N) is 1. The van der Waals surface area contributed by atoms with Gasteiger partial charge in [0.05, 0.1) is 16.0 Å². The zero-order chi connectivity index (χ0) is 10.6. The quantitative estimate of drug-likeness (QED) is 0.464. The molecule has 0 aromatic carbocycles. The SMILES string of the molecule is CC(=O)N/N=C/c1ccc([N+](=O)[O-])s1. The molecule has 0 saturated carbocycles. The summed E-state index contributed by atoms with van der Waals surface area (Å²) >= 11 is 0.993. The van der Waals surface area contributed by atoms with E-state index in [9.17, 15) is 14.9 Å². The molecule has 0 aliphatic heterocycles. The van der Waals surface area contributed by atoms with Gasteiger partial charge < -0.3 is 0 Å². The standard InChI is InChI=1S/C7H7N3O3S/c1-5(11)9-8-4-6-2-3-7(14-6)10(12)13/h2-4H,1H3,(H,9,11)/b8-4+. The summed E-state index contributed by atoms with van der Waals surface area (Å²) in [6.45, 7) is 1.33. The summed E-state index contributed by atoms with van der Waals surface area (Å²) in [5, 5.41) is 13.9. The Hall–Kier alpha value is -1.76. The molecule has 1 aromatic heterocycles. The molecule has 1 N–H and O–H groups in total. The third kappa shape index (κ3) is 2.94. The number of hydrogen-bond donors (Lipinski definition) is 1. The second kappa shape index (κ2) is 4.47. The van der Waals surface area contributed by atoms with Crippen LogP contribution in [0.1, 0.15) is 11.8 Å². The third-order valence-electron chi connectivity index (χ3n) is 1.21. The summed E-state index contributed by atoms with van der Waals surface area (Å²) < 4.78 is 0. The first kappa shape index (κ1) is 10.3. The van der Waals surface area contributed by atoms with E-state index in [1.165, 1.54) is 19.2 Å². The molecule has 0 unspecified atom stereocenters. The van der Waals surface area contributed by atoms with Crippen LogP contribution in [0.5, 0.6) is 0 Å². The first-order valence-corrected chi connectivity index (χ1v) is 4.45. The molecule has 0 saturated heterocycles. The van der Waals surface area contributed by atoms with E-state index in [2.05, 4.69) is 10.5 Å². The first-order valence-electron chi connectivity index (χ1n) is 3.63. The maximum atomic E-state index is 10.4. The largest absolute Gasteiger partial charge is 0.324 e. The molecule has 1 heterocycles. The number of hydrazone groups is 1. The van der Waals surface area contributed by atoms with Crippen LogP contribution in [0.3, 0.4) is 0 Å². The average Bonchev–Trinajstić information content (AvgIpc) is 2.52. The Morgan fingerprint density at radius 2 is 2.43 bits per heavy atom. The van der Waals surface area contributed by atoms with Crippen LogP contribution in [-0.2, 0) is 4.79 Å². The molecule has 74 valence electrons. The lowest BCUT2D eigenvalue weighted by atomic mass is 10.5. The maximum absolute atomic E-state index is 10.4. The van der Waals surface area contributed by atoms with Crippen molar-refractivity contribution in [3.05, 3.63) is 27.1 Å². The van der Waals surface area contributed by atoms with E-state index in [0.717, 1.165) is 11.3 Å². The van der Waals surface area contributed by atoms with Crippen LogP contribution in [-0.4, -0.2) is 17.0 Å². The zero-order valence-electron chi connectivity index (χ0n) is 7.26. The molecule has 0 bridgehead atoms. The van der Waals surface area contributed by atoms with Gasteiger partial charge in [0.15, 0.2) is 0 Å². The fourth-order valence-corrected chi connectivity index (χ4v) is 1.39. The van der Waals surface area contributed by atoms with E-state index < -0.39 is 4.92 Å². The number of hydrogen-bond acceptors (Lipinski definition) is 5. The smallest absolute Gasteiger partial charge is 0.274 e. The summed E-state index contributed by atoms with van der Waals surface area (Å²) in [5.74, 6) is -0.285. The lowest BCUT2D eigenvalue weighted by Crippen LogP contribution is -2.11. The second-order valence-electron chi connectivity index (χ2n) is 2.36. The Bertz CT molecular complexity index is 385. The number of nitro groups is 1. The Kier molecular flexibility index (Phi) is 3.29. The number of carbonyl (C=O) groups excluding carboxylic acids is 1. The molecule has 0 spiro atoms. The maximum Gasteiger partial charge on any atom is 0.324 e.